The van der Waals surface area contributed by atoms with Crippen molar-refractivity contribution in [2.75, 3.05) is 32.9 Å². The van der Waals surface area contributed by atoms with E-state index >= 15 is 0 Å². The molecule has 0 unspecified atom stereocenters. The molecule has 4 N–H and O–H groups in total. The van der Waals surface area contributed by atoms with Gasteiger partial charge in [-0.3, -0.25) is 9.59 Å². The second kappa shape index (κ2) is 13.9. The topological polar surface area (TPSA) is 103 Å². The highest BCUT2D eigenvalue weighted by molar-refractivity contribution is 5.79. The first kappa shape index (κ1) is 24.1. The molecule has 7 nitrogen and oxygen atoms in total. The van der Waals surface area contributed by atoms with Crippen molar-refractivity contribution >= 4 is 11.8 Å². The van der Waals surface area contributed by atoms with E-state index in [1.165, 1.54) is 12.8 Å². The molecule has 0 aromatic heterocycles. The summed E-state index contributed by atoms with van der Waals surface area (Å²) in [6.07, 6.45) is 9.90. The standard InChI is InChI=1S/C22H41N3O4/c1-17-4-10-20(11-5-17)29-14-2-3-21(26)25-19-8-6-18(7-9-19)22(27)24-13-16-28-15-12-23/h17-20H,2-16,23H2,1H3,(H,24,27)(H,25,26). The zero-order chi connectivity index (χ0) is 20.9. The predicted molar refractivity (Wildman–Crippen MR) is 113 cm³/mol. The third-order valence-electron chi connectivity index (χ3n) is 6.14. The van der Waals surface area contributed by atoms with E-state index in [2.05, 4.69) is 17.6 Å². The molecule has 0 atom stereocenters. The van der Waals surface area contributed by atoms with E-state index in [1.807, 2.05) is 0 Å². The lowest BCUT2D eigenvalue weighted by molar-refractivity contribution is -0.126. The Morgan fingerprint density at radius 1 is 0.966 bits per heavy atom. The highest BCUT2D eigenvalue weighted by Gasteiger charge is 2.26. The van der Waals surface area contributed by atoms with Gasteiger partial charge in [-0.2, -0.15) is 0 Å². The van der Waals surface area contributed by atoms with Crippen LogP contribution in [0.15, 0.2) is 0 Å². The molecule has 0 bridgehead atoms. The van der Waals surface area contributed by atoms with Crippen molar-refractivity contribution in [3.63, 3.8) is 0 Å². The fourth-order valence-corrected chi connectivity index (χ4v) is 4.25. The van der Waals surface area contributed by atoms with Crippen LogP contribution in [0.3, 0.4) is 0 Å². The molecular formula is C22H41N3O4. The van der Waals surface area contributed by atoms with Gasteiger partial charge in [0.25, 0.3) is 0 Å². The summed E-state index contributed by atoms with van der Waals surface area (Å²) >= 11 is 0. The van der Waals surface area contributed by atoms with Gasteiger partial charge < -0.3 is 25.8 Å². The Hall–Kier alpha value is -1.18. The Labute approximate surface area is 175 Å². The van der Waals surface area contributed by atoms with Crippen LogP contribution in [-0.4, -0.2) is 56.9 Å². The number of rotatable bonds is 12. The lowest BCUT2D eigenvalue weighted by atomic mass is 9.85. The fraction of sp³-hybridized carbons (Fsp3) is 0.909. The van der Waals surface area contributed by atoms with Gasteiger partial charge in [0, 0.05) is 38.1 Å². The zero-order valence-corrected chi connectivity index (χ0v) is 18.1. The lowest BCUT2D eigenvalue weighted by Crippen LogP contribution is -2.41. The second-order valence-corrected chi connectivity index (χ2v) is 8.66. The van der Waals surface area contributed by atoms with Gasteiger partial charge >= 0.3 is 0 Å². The van der Waals surface area contributed by atoms with E-state index in [0.717, 1.165) is 50.9 Å². The maximum Gasteiger partial charge on any atom is 0.223 e. The lowest BCUT2D eigenvalue weighted by Gasteiger charge is -2.28. The molecule has 0 radical (unpaired) electrons. The molecular weight excluding hydrogens is 370 g/mol. The number of carbonyl (C=O) groups is 2. The van der Waals surface area contributed by atoms with E-state index in [0.29, 0.717) is 45.4 Å². The van der Waals surface area contributed by atoms with Gasteiger partial charge in [0.2, 0.25) is 11.8 Å². The van der Waals surface area contributed by atoms with Crippen LogP contribution < -0.4 is 16.4 Å². The molecule has 7 heteroatoms. The smallest absolute Gasteiger partial charge is 0.223 e. The molecule has 2 fully saturated rings. The highest BCUT2D eigenvalue weighted by Crippen LogP contribution is 2.26. The summed E-state index contributed by atoms with van der Waals surface area (Å²) in [6, 6.07) is 0.195. The molecule has 168 valence electrons. The molecule has 2 amide bonds. The average molecular weight is 412 g/mol. The van der Waals surface area contributed by atoms with Crippen LogP contribution in [-0.2, 0) is 19.1 Å². The summed E-state index contributed by atoms with van der Waals surface area (Å²) < 4.78 is 11.2. The minimum atomic E-state index is 0.0456. The molecule has 0 spiro atoms. The number of nitrogens with one attached hydrogen (secondary N) is 2. The van der Waals surface area contributed by atoms with Crippen LogP contribution in [0.4, 0.5) is 0 Å². The number of hydrogen-bond donors (Lipinski definition) is 3. The number of carbonyl (C=O) groups excluding carboxylic acids is 2. The highest BCUT2D eigenvalue weighted by atomic mass is 16.5. The third kappa shape index (κ3) is 9.92. The molecule has 29 heavy (non-hydrogen) atoms. The molecule has 0 aromatic carbocycles. The molecule has 0 heterocycles. The van der Waals surface area contributed by atoms with Crippen LogP contribution in [0, 0.1) is 11.8 Å². The maximum absolute atomic E-state index is 12.2. The van der Waals surface area contributed by atoms with Gasteiger partial charge in [0.1, 0.15) is 0 Å². The van der Waals surface area contributed by atoms with Crippen LogP contribution in [0.1, 0.15) is 71.1 Å². The van der Waals surface area contributed by atoms with E-state index < -0.39 is 0 Å². The fourth-order valence-electron chi connectivity index (χ4n) is 4.25. The first-order chi connectivity index (χ1) is 14.1. The maximum atomic E-state index is 12.2. The Morgan fingerprint density at radius 3 is 2.38 bits per heavy atom. The van der Waals surface area contributed by atoms with Gasteiger partial charge in [-0.15, -0.1) is 0 Å². The predicted octanol–water partition coefficient (Wildman–Crippen LogP) is 2.13. The number of hydrogen-bond acceptors (Lipinski definition) is 5. The zero-order valence-electron chi connectivity index (χ0n) is 18.1. The molecule has 0 saturated heterocycles. The first-order valence-electron chi connectivity index (χ1n) is 11.5. The molecule has 2 aliphatic rings. The number of amides is 2. The van der Waals surface area contributed by atoms with Crippen LogP contribution in [0.25, 0.3) is 0 Å². The van der Waals surface area contributed by atoms with E-state index in [4.69, 9.17) is 15.2 Å². The monoisotopic (exact) mass is 411 g/mol. The summed E-state index contributed by atoms with van der Waals surface area (Å²) in [4.78, 5) is 24.4. The molecule has 0 aliphatic heterocycles. The number of nitrogens with two attached hydrogens (primary N) is 1. The van der Waals surface area contributed by atoms with Crippen molar-refractivity contribution in [2.45, 2.75) is 83.3 Å². The van der Waals surface area contributed by atoms with Gasteiger partial charge in [-0.25, -0.2) is 0 Å². The average Bonchev–Trinajstić information content (AvgIpc) is 2.73. The summed E-state index contributed by atoms with van der Waals surface area (Å²) in [7, 11) is 0. The van der Waals surface area contributed by atoms with Crippen LogP contribution >= 0.6 is 0 Å². The van der Waals surface area contributed by atoms with Crippen molar-refractivity contribution in [3.05, 3.63) is 0 Å². The van der Waals surface area contributed by atoms with E-state index in [1.54, 1.807) is 0 Å². The second-order valence-electron chi connectivity index (χ2n) is 8.66. The molecule has 2 rings (SSSR count). The van der Waals surface area contributed by atoms with E-state index in [9.17, 15) is 9.59 Å². The molecule has 2 aliphatic carbocycles. The van der Waals surface area contributed by atoms with Crippen molar-refractivity contribution in [1.29, 1.82) is 0 Å². The summed E-state index contributed by atoms with van der Waals surface area (Å²) in [6.45, 7) is 5.02. The third-order valence-corrected chi connectivity index (χ3v) is 6.14. The number of ether oxygens (including phenoxy) is 2. The Kier molecular flexibility index (Phi) is 11.6. The van der Waals surface area contributed by atoms with Crippen LogP contribution in [0.5, 0.6) is 0 Å². The normalized spacial score (nSPS) is 27.4. The van der Waals surface area contributed by atoms with E-state index in [-0.39, 0.29) is 23.8 Å². The van der Waals surface area contributed by atoms with Gasteiger partial charge in [-0.05, 0) is 63.7 Å². The summed E-state index contributed by atoms with van der Waals surface area (Å²) in [5.74, 6) is 1.08. The van der Waals surface area contributed by atoms with Gasteiger partial charge in [0.15, 0.2) is 0 Å². The Morgan fingerprint density at radius 2 is 1.69 bits per heavy atom. The summed E-state index contributed by atoms with van der Waals surface area (Å²) in [5, 5.41) is 6.06. The first-order valence-corrected chi connectivity index (χ1v) is 11.5. The molecule has 0 aromatic rings. The SMILES string of the molecule is CC1CCC(OCCCC(=O)NC2CCC(C(=O)NCCOCCN)CC2)CC1. The summed E-state index contributed by atoms with van der Waals surface area (Å²) in [5.41, 5.74) is 5.36. The van der Waals surface area contributed by atoms with Crippen molar-refractivity contribution < 1.29 is 19.1 Å². The minimum absolute atomic E-state index is 0.0456. The minimum Gasteiger partial charge on any atom is -0.378 e. The van der Waals surface area contributed by atoms with Crippen molar-refractivity contribution in [3.8, 4) is 0 Å². The van der Waals surface area contributed by atoms with Gasteiger partial charge in [0.05, 0.1) is 19.3 Å². The Balaban J connectivity index is 1.49. The largest absolute Gasteiger partial charge is 0.378 e. The quantitative estimate of drug-likeness (QED) is 0.427. The van der Waals surface area contributed by atoms with Crippen molar-refractivity contribution in [2.24, 2.45) is 17.6 Å². The van der Waals surface area contributed by atoms with Crippen molar-refractivity contribution in [1.82, 2.24) is 10.6 Å². The molecule has 2 saturated carbocycles. The van der Waals surface area contributed by atoms with Crippen LogP contribution in [0.2, 0.25) is 0 Å². The Bertz CT molecular complexity index is 473. The van der Waals surface area contributed by atoms with Gasteiger partial charge in [-0.1, -0.05) is 6.92 Å².